The molecule has 0 fully saturated rings. The molecule has 0 saturated carbocycles. The average Bonchev–Trinajstić information content (AvgIpc) is 2.25. The molecule has 1 amide bonds. The monoisotopic (exact) mass is 305 g/mol. The van der Waals surface area contributed by atoms with E-state index in [0.29, 0.717) is 0 Å². The number of aromatic nitrogens is 1. The Kier molecular flexibility index (Phi) is 8.71. The van der Waals surface area contributed by atoms with Crippen LogP contribution in [0.2, 0.25) is 0 Å². The van der Waals surface area contributed by atoms with E-state index in [-0.39, 0.29) is 43.5 Å². The summed E-state index contributed by atoms with van der Waals surface area (Å²) >= 11 is 0. The van der Waals surface area contributed by atoms with Crippen LogP contribution >= 0.6 is 24.8 Å². The number of rotatable bonds is 3. The van der Waals surface area contributed by atoms with Crippen molar-refractivity contribution in [3.63, 3.8) is 0 Å². The van der Waals surface area contributed by atoms with Crippen LogP contribution in [0.3, 0.4) is 0 Å². The van der Waals surface area contributed by atoms with E-state index in [1.54, 1.807) is 0 Å². The first kappa shape index (κ1) is 19.3. The molecule has 0 bridgehead atoms. The third-order valence-electron chi connectivity index (χ3n) is 1.75. The van der Waals surface area contributed by atoms with Crippen LogP contribution < -0.4 is 11.1 Å². The van der Waals surface area contributed by atoms with Gasteiger partial charge in [0.2, 0.25) is 0 Å². The van der Waals surface area contributed by atoms with Crippen LogP contribution in [-0.4, -0.2) is 24.0 Å². The van der Waals surface area contributed by atoms with Crippen molar-refractivity contribution in [2.75, 3.05) is 13.1 Å². The lowest BCUT2D eigenvalue weighted by Gasteiger charge is -2.06. The Labute approximate surface area is 114 Å². The Bertz CT molecular complexity index is 370. The largest absolute Gasteiger partial charge is 0.433 e. The smallest absolute Gasteiger partial charge is 0.351 e. The molecule has 3 N–H and O–H groups in total. The molecule has 0 aliphatic heterocycles. The number of pyridine rings is 1. The fourth-order valence-corrected chi connectivity index (χ4v) is 0.984. The summed E-state index contributed by atoms with van der Waals surface area (Å²) in [7, 11) is 0. The minimum absolute atomic E-state index is 0. The van der Waals surface area contributed by atoms with Gasteiger partial charge in [0, 0.05) is 19.3 Å². The lowest BCUT2D eigenvalue weighted by Crippen LogP contribution is -2.29. The molecular formula is C9H12Cl2F3N3O. The Morgan fingerprint density at radius 2 is 1.94 bits per heavy atom. The summed E-state index contributed by atoms with van der Waals surface area (Å²) in [5.74, 6) is -0.494. The van der Waals surface area contributed by atoms with Gasteiger partial charge in [0.25, 0.3) is 5.91 Å². The topological polar surface area (TPSA) is 68.0 Å². The van der Waals surface area contributed by atoms with E-state index in [0.717, 1.165) is 18.3 Å². The lowest BCUT2D eigenvalue weighted by molar-refractivity contribution is -0.141. The Morgan fingerprint density at radius 3 is 2.33 bits per heavy atom. The third-order valence-corrected chi connectivity index (χ3v) is 1.75. The molecule has 9 heteroatoms. The second-order valence-electron chi connectivity index (χ2n) is 2.97. The van der Waals surface area contributed by atoms with Crippen LogP contribution in [0.5, 0.6) is 0 Å². The number of alkyl halides is 3. The lowest BCUT2D eigenvalue weighted by atomic mass is 10.2. The van der Waals surface area contributed by atoms with Gasteiger partial charge in [0.15, 0.2) is 0 Å². The molecule has 0 aliphatic rings. The third kappa shape index (κ3) is 5.52. The zero-order valence-electron chi connectivity index (χ0n) is 9.03. The van der Waals surface area contributed by atoms with Crippen molar-refractivity contribution in [1.29, 1.82) is 0 Å². The van der Waals surface area contributed by atoms with Crippen molar-refractivity contribution in [3.05, 3.63) is 29.6 Å². The molecule has 0 radical (unpaired) electrons. The molecule has 0 unspecified atom stereocenters. The van der Waals surface area contributed by atoms with Crippen LogP contribution in [0.4, 0.5) is 13.2 Å². The van der Waals surface area contributed by atoms with E-state index in [2.05, 4.69) is 10.3 Å². The summed E-state index contributed by atoms with van der Waals surface area (Å²) in [6, 6.07) is 1.83. The highest BCUT2D eigenvalue weighted by Gasteiger charge is 2.32. The average molecular weight is 306 g/mol. The van der Waals surface area contributed by atoms with Gasteiger partial charge in [0.05, 0.1) is 5.56 Å². The van der Waals surface area contributed by atoms with Gasteiger partial charge >= 0.3 is 6.18 Å². The van der Waals surface area contributed by atoms with Gasteiger partial charge in [-0.3, -0.25) is 9.78 Å². The van der Waals surface area contributed by atoms with E-state index in [9.17, 15) is 18.0 Å². The van der Waals surface area contributed by atoms with Crippen molar-refractivity contribution < 1.29 is 18.0 Å². The summed E-state index contributed by atoms with van der Waals surface area (Å²) in [5.41, 5.74) is 4.20. The normalized spacial score (nSPS) is 10.0. The number of hydrogen-bond acceptors (Lipinski definition) is 3. The van der Waals surface area contributed by atoms with Crippen molar-refractivity contribution >= 4 is 30.7 Å². The van der Waals surface area contributed by atoms with E-state index < -0.39 is 17.8 Å². The fourth-order valence-electron chi connectivity index (χ4n) is 0.984. The first-order valence-corrected chi connectivity index (χ1v) is 4.46. The van der Waals surface area contributed by atoms with Crippen LogP contribution in [0.15, 0.2) is 18.3 Å². The maximum atomic E-state index is 12.1. The SMILES string of the molecule is Cl.Cl.NCCNC(=O)c1ccc(C(F)(F)F)nc1. The number of nitrogens with zero attached hydrogens (tertiary/aromatic N) is 1. The fraction of sp³-hybridized carbons (Fsp3) is 0.333. The minimum atomic E-state index is -4.49. The molecule has 0 spiro atoms. The Balaban J connectivity index is 0. The second kappa shape index (κ2) is 8.12. The van der Waals surface area contributed by atoms with Gasteiger partial charge in [-0.25, -0.2) is 0 Å². The minimum Gasteiger partial charge on any atom is -0.351 e. The first-order valence-electron chi connectivity index (χ1n) is 4.46. The highest BCUT2D eigenvalue weighted by molar-refractivity contribution is 5.93. The number of nitrogens with two attached hydrogens (primary N) is 1. The Morgan fingerprint density at radius 1 is 1.33 bits per heavy atom. The van der Waals surface area contributed by atoms with Gasteiger partial charge in [-0.05, 0) is 12.1 Å². The number of amides is 1. The summed E-state index contributed by atoms with van der Waals surface area (Å²) in [6.07, 6.45) is -3.61. The summed E-state index contributed by atoms with van der Waals surface area (Å²) in [5, 5.41) is 2.42. The molecule has 0 saturated heterocycles. The van der Waals surface area contributed by atoms with Gasteiger partial charge in [-0.1, -0.05) is 0 Å². The van der Waals surface area contributed by atoms with E-state index >= 15 is 0 Å². The van der Waals surface area contributed by atoms with Crippen molar-refractivity contribution in [2.45, 2.75) is 6.18 Å². The summed E-state index contributed by atoms with van der Waals surface area (Å²) < 4.78 is 36.4. The highest BCUT2D eigenvalue weighted by atomic mass is 35.5. The van der Waals surface area contributed by atoms with Crippen LogP contribution in [0.1, 0.15) is 16.1 Å². The molecule has 18 heavy (non-hydrogen) atoms. The second-order valence-corrected chi connectivity index (χ2v) is 2.97. The maximum Gasteiger partial charge on any atom is 0.433 e. The van der Waals surface area contributed by atoms with Gasteiger partial charge in [-0.2, -0.15) is 13.2 Å². The first-order chi connectivity index (χ1) is 7.45. The van der Waals surface area contributed by atoms with E-state index in [1.165, 1.54) is 0 Å². The molecule has 0 aliphatic carbocycles. The molecule has 4 nitrogen and oxygen atoms in total. The standard InChI is InChI=1S/C9H10F3N3O.2ClH/c10-9(11,12)7-2-1-6(5-15-7)8(16)14-4-3-13;;/h1-2,5H,3-4,13H2,(H,14,16);2*1H. The predicted octanol–water partition coefficient (Wildman–Crippen LogP) is 1.63. The summed E-state index contributed by atoms with van der Waals surface area (Å²) in [6.45, 7) is 0.527. The molecule has 0 atom stereocenters. The van der Waals surface area contributed by atoms with Crippen LogP contribution in [0, 0.1) is 0 Å². The highest BCUT2D eigenvalue weighted by Crippen LogP contribution is 2.27. The molecule has 1 rings (SSSR count). The Hall–Kier alpha value is -1.05. The molecule has 1 aromatic rings. The quantitative estimate of drug-likeness (QED) is 0.892. The number of hydrogen-bond donors (Lipinski definition) is 2. The zero-order valence-corrected chi connectivity index (χ0v) is 10.7. The van der Waals surface area contributed by atoms with Crippen molar-refractivity contribution in [1.82, 2.24) is 10.3 Å². The maximum absolute atomic E-state index is 12.1. The zero-order chi connectivity index (χ0) is 12.2. The molecule has 0 aromatic carbocycles. The van der Waals surface area contributed by atoms with Gasteiger partial charge in [0.1, 0.15) is 5.69 Å². The van der Waals surface area contributed by atoms with Gasteiger partial charge in [-0.15, -0.1) is 24.8 Å². The van der Waals surface area contributed by atoms with Gasteiger partial charge < -0.3 is 11.1 Å². The van der Waals surface area contributed by atoms with E-state index in [4.69, 9.17) is 5.73 Å². The number of carbonyl (C=O) groups is 1. The van der Waals surface area contributed by atoms with Crippen molar-refractivity contribution in [3.8, 4) is 0 Å². The predicted molar refractivity (Wildman–Crippen MR) is 65.1 cm³/mol. The molecular weight excluding hydrogens is 294 g/mol. The number of halogens is 5. The number of nitrogens with one attached hydrogen (secondary N) is 1. The van der Waals surface area contributed by atoms with Crippen LogP contribution in [0.25, 0.3) is 0 Å². The van der Waals surface area contributed by atoms with E-state index in [1.807, 2.05) is 0 Å². The molecule has 104 valence electrons. The van der Waals surface area contributed by atoms with Crippen molar-refractivity contribution in [2.24, 2.45) is 5.73 Å². The number of carbonyl (C=O) groups excluding carboxylic acids is 1. The molecule has 1 heterocycles. The molecule has 1 aromatic heterocycles. The summed E-state index contributed by atoms with van der Waals surface area (Å²) in [4.78, 5) is 14.4. The van der Waals surface area contributed by atoms with Crippen LogP contribution in [-0.2, 0) is 6.18 Å².